The molecule has 1 aliphatic rings. The summed E-state index contributed by atoms with van der Waals surface area (Å²) in [6.45, 7) is 3.97. The monoisotopic (exact) mass is 264 g/mol. The standard InChI is InChI=1S/C7H17N6O3P/c1-17(2)12(3-10-5(8)14)7(16)13(17)4-11-6(9)15/h17H,3-4H2,1-2H3,(H3,8,10,14)(H3,9,11,15). The molecule has 1 aliphatic heterocycles. The molecule has 0 unspecified atom stereocenters. The van der Waals surface area contributed by atoms with Crippen LogP contribution < -0.4 is 22.1 Å². The molecule has 1 rings (SSSR count). The van der Waals surface area contributed by atoms with E-state index in [1.807, 2.05) is 13.3 Å². The number of nitrogens with two attached hydrogens (primary N) is 2. The first-order chi connectivity index (χ1) is 7.76. The second-order valence-electron chi connectivity index (χ2n) is 4.03. The summed E-state index contributed by atoms with van der Waals surface area (Å²) in [4.78, 5) is 32.8. The van der Waals surface area contributed by atoms with E-state index in [0.29, 0.717) is 0 Å². The van der Waals surface area contributed by atoms with Crippen molar-refractivity contribution in [2.24, 2.45) is 11.5 Å². The molecule has 0 saturated carbocycles. The summed E-state index contributed by atoms with van der Waals surface area (Å²) in [5, 5.41) is 4.72. The predicted octanol–water partition coefficient (Wildman–Crippen LogP) is -1.18. The number of hydrogen-bond acceptors (Lipinski definition) is 3. The summed E-state index contributed by atoms with van der Waals surface area (Å²) < 4.78 is 3.08. The topological polar surface area (TPSA) is 134 Å². The zero-order chi connectivity index (χ0) is 13.2. The van der Waals surface area contributed by atoms with Gasteiger partial charge in [0.05, 0.1) is 0 Å². The van der Waals surface area contributed by atoms with Gasteiger partial charge >= 0.3 is 98.1 Å². The zero-order valence-corrected chi connectivity index (χ0v) is 10.7. The van der Waals surface area contributed by atoms with E-state index < -0.39 is 19.6 Å². The van der Waals surface area contributed by atoms with Crippen molar-refractivity contribution in [1.82, 2.24) is 20.0 Å². The van der Waals surface area contributed by atoms with Gasteiger partial charge in [0.1, 0.15) is 0 Å². The summed E-state index contributed by atoms with van der Waals surface area (Å²) in [6, 6.07) is -1.63. The van der Waals surface area contributed by atoms with E-state index in [4.69, 9.17) is 11.5 Å². The molecule has 0 aromatic carbocycles. The number of amides is 6. The van der Waals surface area contributed by atoms with Gasteiger partial charge in [0.2, 0.25) is 0 Å². The second kappa shape index (κ2) is 4.62. The van der Waals surface area contributed by atoms with Gasteiger partial charge < -0.3 is 0 Å². The Morgan fingerprint density at radius 1 is 1.12 bits per heavy atom. The summed E-state index contributed by atoms with van der Waals surface area (Å²) in [5.41, 5.74) is 9.85. The summed E-state index contributed by atoms with van der Waals surface area (Å²) in [5.74, 6) is 0. The SMILES string of the molecule is C[PH]1(C)N(CNC(N)=O)C(=O)N1CNC(N)=O. The molecule has 98 valence electrons. The van der Waals surface area contributed by atoms with Crippen LogP contribution in [0.2, 0.25) is 0 Å². The third kappa shape index (κ3) is 2.68. The van der Waals surface area contributed by atoms with Gasteiger partial charge in [-0.3, -0.25) is 0 Å². The molecule has 0 aliphatic carbocycles. The normalized spacial score (nSPS) is 19.3. The van der Waals surface area contributed by atoms with Crippen molar-refractivity contribution in [2.75, 3.05) is 26.7 Å². The van der Waals surface area contributed by atoms with Gasteiger partial charge in [-0.25, -0.2) is 0 Å². The quantitative estimate of drug-likeness (QED) is 0.476. The van der Waals surface area contributed by atoms with E-state index in [0.717, 1.165) is 0 Å². The average Bonchev–Trinajstić information content (AvgIpc) is 2.15. The number of rotatable bonds is 4. The fourth-order valence-corrected chi connectivity index (χ4v) is 3.81. The first-order valence-corrected chi connectivity index (χ1v) is 7.82. The van der Waals surface area contributed by atoms with Crippen LogP contribution in [0.3, 0.4) is 0 Å². The van der Waals surface area contributed by atoms with Crippen molar-refractivity contribution >= 4 is 25.7 Å². The molecule has 0 radical (unpaired) electrons. The Labute approximate surface area is 98.9 Å². The Morgan fingerprint density at radius 3 is 1.71 bits per heavy atom. The van der Waals surface area contributed by atoms with Crippen molar-refractivity contribution in [2.45, 2.75) is 0 Å². The molecule has 1 fully saturated rings. The Balaban J connectivity index is 2.54. The number of nitrogens with zero attached hydrogens (tertiary/aromatic N) is 2. The fraction of sp³-hybridized carbons (Fsp3) is 0.571. The molecule has 6 N–H and O–H groups in total. The Morgan fingerprint density at radius 2 is 1.47 bits per heavy atom. The van der Waals surface area contributed by atoms with Crippen LogP contribution >= 0.6 is 7.56 Å². The molecule has 1 saturated heterocycles. The van der Waals surface area contributed by atoms with Crippen molar-refractivity contribution in [3.8, 4) is 0 Å². The van der Waals surface area contributed by atoms with Gasteiger partial charge in [-0.2, -0.15) is 0 Å². The first kappa shape index (κ1) is 13.3. The Kier molecular flexibility index (Phi) is 3.62. The van der Waals surface area contributed by atoms with Crippen LogP contribution in [0, 0.1) is 0 Å². The number of primary amides is 2. The van der Waals surface area contributed by atoms with Crippen molar-refractivity contribution in [3.63, 3.8) is 0 Å². The molecule has 17 heavy (non-hydrogen) atoms. The number of urea groups is 3. The number of carbonyl (C=O) groups is 3. The van der Waals surface area contributed by atoms with Gasteiger partial charge in [0.15, 0.2) is 0 Å². The molecular weight excluding hydrogens is 247 g/mol. The van der Waals surface area contributed by atoms with Crippen LogP contribution in [0.4, 0.5) is 14.4 Å². The number of carbonyl (C=O) groups excluding carboxylic acids is 3. The van der Waals surface area contributed by atoms with Gasteiger partial charge in [0, 0.05) is 0 Å². The van der Waals surface area contributed by atoms with Crippen LogP contribution in [0.1, 0.15) is 0 Å². The van der Waals surface area contributed by atoms with Gasteiger partial charge in [0.25, 0.3) is 0 Å². The van der Waals surface area contributed by atoms with E-state index >= 15 is 0 Å². The predicted molar refractivity (Wildman–Crippen MR) is 64.4 cm³/mol. The van der Waals surface area contributed by atoms with Crippen LogP contribution in [0.25, 0.3) is 0 Å². The van der Waals surface area contributed by atoms with Gasteiger partial charge in [-0.1, -0.05) is 0 Å². The van der Waals surface area contributed by atoms with Crippen LogP contribution in [-0.4, -0.2) is 54.1 Å². The zero-order valence-electron chi connectivity index (χ0n) is 9.69. The maximum absolute atomic E-state index is 11.7. The molecular formula is C7H17N6O3P. The first-order valence-electron chi connectivity index (χ1n) is 4.92. The molecule has 0 aromatic heterocycles. The van der Waals surface area contributed by atoms with Gasteiger partial charge in [-0.05, 0) is 0 Å². The average molecular weight is 264 g/mol. The van der Waals surface area contributed by atoms with Gasteiger partial charge in [-0.15, -0.1) is 0 Å². The second-order valence-corrected chi connectivity index (χ2v) is 8.10. The van der Waals surface area contributed by atoms with E-state index in [2.05, 4.69) is 10.6 Å². The van der Waals surface area contributed by atoms with Crippen molar-refractivity contribution in [1.29, 1.82) is 0 Å². The van der Waals surface area contributed by atoms with Crippen LogP contribution in [-0.2, 0) is 0 Å². The number of hydrogen-bond donors (Lipinski definition) is 4. The minimum absolute atomic E-state index is 0.0838. The van der Waals surface area contributed by atoms with E-state index in [9.17, 15) is 14.4 Å². The van der Waals surface area contributed by atoms with Crippen LogP contribution in [0.5, 0.6) is 0 Å². The molecule has 9 nitrogen and oxygen atoms in total. The van der Waals surface area contributed by atoms with E-state index in [1.165, 1.54) is 0 Å². The molecule has 6 amide bonds. The van der Waals surface area contributed by atoms with Crippen molar-refractivity contribution < 1.29 is 14.4 Å². The minimum atomic E-state index is -2.13. The van der Waals surface area contributed by atoms with E-state index in [-0.39, 0.29) is 19.4 Å². The van der Waals surface area contributed by atoms with Crippen LogP contribution in [0.15, 0.2) is 0 Å². The summed E-state index contributed by atoms with van der Waals surface area (Å²) in [7, 11) is -2.13. The fourth-order valence-electron chi connectivity index (χ4n) is 1.55. The number of nitrogens with one attached hydrogen (secondary N) is 2. The van der Waals surface area contributed by atoms with Crippen molar-refractivity contribution in [3.05, 3.63) is 0 Å². The Hall–Kier alpha value is -1.76. The summed E-state index contributed by atoms with van der Waals surface area (Å²) in [6.07, 6.45) is 0. The molecule has 0 atom stereocenters. The summed E-state index contributed by atoms with van der Waals surface area (Å²) >= 11 is 0. The third-order valence-corrected chi connectivity index (χ3v) is 5.95. The third-order valence-electron chi connectivity index (χ3n) is 2.61. The Bertz CT molecular complexity index is 330. The molecule has 0 aromatic rings. The molecule has 1 heterocycles. The molecule has 0 bridgehead atoms. The molecule has 10 heteroatoms. The maximum atomic E-state index is 11.7. The van der Waals surface area contributed by atoms with E-state index in [1.54, 1.807) is 9.34 Å². The molecule has 0 spiro atoms.